The number of allylic oxidation sites excluding steroid dienone is 1. The number of rotatable bonds is 5. The van der Waals surface area contributed by atoms with Crippen molar-refractivity contribution >= 4 is 35.2 Å². The van der Waals surface area contributed by atoms with Crippen molar-refractivity contribution in [2.24, 2.45) is 7.05 Å². The van der Waals surface area contributed by atoms with Crippen LogP contribution in [-0.2, 0) is 16.6 Å². The zero-order chi connectivity index (χ0) is 15.7. The molecule has 0 radical (unpaired) electrons. The Morgan fingerprint density at radius 2 is 2.24 bits per heavy atom. The van der Waals surface area contributed by atoms with Gasteiger partial charge in [-0.1, -0.05) is 36.9 Å². The molecule has 2 heterocycles. The molecule has 21 heavy (non-hydrogen) atoms. The molecule has 1 unspecified atom stereocenters. The van der Waals surface area contributed by atoms with Crippen LogP contribution in [0.1, 0.15) is 20.3 Å². The van der Waals surface area contributed by atoms with Crippen LogP contribution in [0.3, 0.4) is 0 Å². The van der Waals surface area contributed by atoms with Gasteiger partial charge < -0.3 is 4.74 Å². The van der Waals surface area contributed by atoms with Crippen molar-refractivity contribution in [2.75, 3.05) is 11.2 Å². The lowest BCUT2D eigenvalue weighted by Gasteiger charge is -2.24. The van der Waals surface area contributed by atoms with Gasteiger partial charge in [-0.05, 0) is 13.2 Å². The number of nitrogens with zero attached hydrogens (tertiary/aromatic N) is 4. The summed E-state index contributed by atoms with van der Waals surface area (Å²) in [4.78, 5) is 18.0. The van der Waals surface area contributed by atoms with E-state index in [1.807, 2.05) is 13.2 Å². The average Bonchev–Trinajstić information content (AvgIpc) is 2.93. The van der Waals surface area contributed by atoms with Crippen LogP contribution < -0.4 is 4.90 Å². The molecule has 1 aromatic rings. The summed E-state index contributed by atoms with van der Waals surface area (Å²) in [6, 6.07) is 0. The maximum absolute atomic E-state index is 12.3. The molecular weight excluding hydrogens is 312 g/mol. The fourth-order valence-corrected chi connectivity index (χ4v) is 2.56. The van der Waals surface area contributed by atoms with Gasteiger partial charge in [-0.25, -0.2) is 9.58 Å². The molecule has 2 rings (SSSR count). The molecule has 0 N–H and O–H groups in total. The first-order valence-electron chi connectivity index (χ1n) is 6.40. The van der Waals surface area contributed by atoms with E-state index in [-0.39, 0.29) is 16.9 Å². The van der Waals surface area contributed by atoms with Crippen LogP contribution in [0.5, 0.6) is 0 Å². The third kappa shape index (κ3) is 2.80. The third-order valence-electron chi connectivity index (χ3n) is 3.14. The highest BCUT2D eigenvalue weighted by molar-refractivity contribution is 7.98. The fraction of sp³-hybridized carbons (Fsp3) is 0.462. The topological polar surface area (TPSA) is 60.2 Å². The Bertz CT molecular complexity index is 626. The number of carbonyl (C=O) groups is 1. The second kappa shape index (κ2) is 6.11. The van der Waals surface area contributed by atoms with Crippen molar-refractivity contribution in [1.29, 1.82) is 0 Å². The molecule has 1 aromatic heterocycles. The Balaban J connectivity index is 2.39. The van der Waals surface area contributed by atoms with Gasteiger partial charge in [0.15, 0.2) is 5.16 Å². The van der Waals surface area contributed by atoms with Crippen LogP contribution in [0, 0.1) is 0 Å². The van der Waals surface area contributed by atoms with Gasteiger partial charge in [-0.2, -0.15) is 4.98 Å². The first-order valence-corrected chi connectivity index (χ1v) is 8.00. The summed E-state index contributed by atoms with van der Waals surface area (Å²) in [5, 5.41) is 5.10. The van der Waals surface area contributed by atoms with E-state index in [4.69, 9.17) is 16.3 Å². The summed E-state index contributed by atoms with van der Waals surface area (Å²) in [6.07, 6.45) is 1.90. The van der Waals surface area contributed by atoms with Crippen LogP contribution in [0.4, 0.5) is 5.95 Å². The smallest absolute Gasteiger partial charge is 0.275 e. The molecule has 0 aromatic carbocycles. The van der Waals surface area contributed by atoms with Crippen LogP contribution in [-0.4, -0.2) is 33.2 Å². The molecule has 114 valence electrons. The highest BCUT2D eigenvalue weighted by Gasteiger charge is 2.41. The van der Waals surface area contributed by atoms with Crippen LogP contribution in [0.2, 0.25) is 0 Å². The van der Waals surface area contributed by atoms with Crippen molar-refractivity contribution in [2.45, 2.75) is 31.7 Å². The predicted molar refractivity (Wildman–Crippen MR) is 83.1 cm³/mol. The van der Waals surface area contributed by atoms with E-state index in [0.29, 0.717) is 22.9 Å². The van der Waals surface area contributed by atoms with Gasteiger partial charge in [-0.15, -0.1) is 5.10 Å². The minimum Gasteiger partial charge on any atom is -0.471 e. The standard InChI is InChI=1S/C13H17ClN4O2S/c1-6-7(2)20-11-8(3)9(14)10(19)18(11)12-15-13(21-5)17(4)16-12/h11H,2,6H2,1,3-5H3. The number of anilines is 1. The highest BCUT2D eigenvalue weighted by atomic mass is 35.5. The number of hydrogen-bond acceptors (Lipinski definition) is 5. The number of halogens is 1. The Labute approximate surface area is 132 Å². The first-order chi connectivity index (χ1) is 9.90. The molecule has 1 aliphatic rings. The number of aromatic nitrogens is 3. The molecule has 0 spiro atoms. The monoisotopic (exact) mass is 328 g/mol. The Morgan fingerprint density at radius 1 is 1.57 bits per heavy atom. The van der Waals surface area contributed by atoms with E-state index in [2.05, 4.69) is 16.7 Å². The predicted octanol–water partition coefficient (Wildman–Crippen LogP) is 2.66. The zero-order valence-electron chi connectivity index (χ0n) is 12.4. The van der Waals surface area contributed by atoms with Crippen LogP contribution in [0.15, 0.2) is 28.1 Å². The van der Waals surface area contributed by atoms with Crippen molar-refractivity contribution < 1.29 is 9.53 Å². The first kappa shape index (κ1) is 15.9. The fourth-order valence-electron chi connectivity index (χ4n) is 1.90. The normalized spacial score (nSPS) is 18.6. The number of carbonyl (C=O) groups excluding carboxylic acids is 1. The lowest BCUT2D eigenvalue weighted by molar-refractivity contribution is -0.115. The van der Waals surface area contributed by atoms with Gasteiger partial charge in [0.05, 0.1) is 5.76 Å². The number of ether oxygens (including phenoxy) is 1. The second-order valence-electron chi connectivity index (χ2n) is 4.56. The van der Waals surface area contributed by atoms with Gasteiger partial charge in [0.25, 0.3) is 11.9 Å². The number of aryl methyl sites for hydroxylation is 1. The summed E-state index contributed by atoms with van der Waals surface area (Å²) in [6.45, 7) is 7.49. The van der Waals surface area contributed by atoms with Gasteiger partial charge in [0.1, 0.15) is 5.03 Å². The van der Waals surface area contributed by atoms with E-state index in [9.17, 15) is 4.79 Å². The molecule has 1 atom stereocenters. The van der Waals surface area contributed by atoms with Crippen LogP contribution in [0.25, 0.3) is 0 Å². The van der Waals surface area contributed by atoms with Gasteiger partial charge in [0, 0.05) is 19.0 Å². The molecule has 8 heteroatoms. The van der Waals surface area contributed by atoms with Crippen molar-refractivity contribution in [1.82, 2.24) is 14.8 Å². The summed E-state index contributed by atoms with van der Waals surface area (Å²) in [5.41, 5.74) is 0.634. The largest absolute Gasteiger partial charge is 0.471 e. The molecule has 0 saturated carbocycles. The highest BCUT2D eigenvalue weighted by Crippen LogP contribution is 2.33. The summed E-state index contributed by atoms with van der Waals surface area (Å²) in [7, 11) is 1.77. The number of thioether (sulfide) groups is 1. The number of hydrogen-bond donors (Lipinski definition) is 0. The molecule has 0 aliphatic carbocycles. The molecular formula is C13H17ClN4O2S. The molecule has 0 bridgehead atoms. The van der Waals surface area contributed by atoms with E-state index >= 15 is 0 Å². The van der Waals surface area contributed by atoms with E-state index in [1.54, 1.807) is 18.7 Å². The van der Waals surface area contributed by atoms with E-state index in [0.717, 1.165) is 0 Å². The lowest BCUT2D eigenvalue weighted by atomic mass is 10.3. The molecule has 6 nitrogen and oxygen atoms in total. The van der Waals surface area contributed by atoms with Gasteiger partial charge >= 0.3 is 0 Å². The van der Waals surface area contributed by atoms with Gasteiger partial charge in [-0.3, -0.25) is 4.79 Å². The second-order valence-corrected chi connectivity index (χ2v) is 5.71. The summed E-state index contributed by atoms with van der Waals surface area (Å²) >= 11 is 7.51. The SMILES string of the molecule is C=C(CC)OC1C(C)=C(Cl)C(=O)N1c1nc(SC)n(C)n1. The summed E-state index contributed by atoms with van der Waals surface area (Å²) in [5.74, 6) is 0.488. The average molecular weight is 329 g/mol. The van der Waals surface area contributed by atoms with Crippen molar-refractivity contribution in [3.05, 3.63) is 22.9 Å². The Morgan fingerprint density at radius 3 is 2.76 bits per heavy atom. The Hall–Kier alpha value is -1.47. The quantitative estimate of drug-likeness (QED) is 0.614. The number of amides is 1. The van der Waals surface area contributed by atoms with Gasteiger partial charge in [0.2, 0.25) is 6.23 Å². The maximum atomic E-state index is 12.3. The minimum absolute atomic E-state index is 0.141. The molecule has 1 amide bonds. The Kier molecular flexibility index (Phi) is 4.63. The molecule has 0 saturated heterocycles. The van der Waals surface area contributed by atoms with E-state index in [1.165, 1.54) is 16.7 Å². The van der Waals surface area contributed by atoms with Crippen molar-refractivity contribution in [3.8, 4) is 0 Å². The van der Waals surface area contributed by atoms with E-state index < -0.39 is 6.23 Å². The third-order valence-corrected chi connectivity index (χ3v) is 4.32. The zero-order valence-corrected chi connectivity index (χ0v) is 14.0. The van der Waals surface area contributed by atoms with Crippen LogP contribution >= 0.6 is 23.4 Å². The molecule has 1 aliphatic heterocycles. The molecule has 0 fully saturated rings. The van der Waals surface area contributed by atoms with Crippen molar-refractivity contribution in [3.63, 3.8) is 0 Å². The lowest BCUT2D eigenvalue weighted by Crippen LogP contribution is -2.38. The summed E-state index contributed by atoms with van der Waals surface area (Å²) < 4.78 is 7.35. The maximum Gasteiger partial charge on any atom is 0.275 e. The minimum atomic E-state index is -0.644.